The van der Waals surface area contributed by atoms with Gasteiger partial charge < -0.3 is 14.2 Å². The van der Waals surface area contributed by atoms with Crippen LogP contribution in [0.3, 0.4) is 0 Å². The molecule has 0 aromatic carbocycles. The van der Waals surface area contributed by atoms with Crippen LogP contribution in [0.1, 0.15) is 23.4 Å². The highest BCUT2D eigenvalue weighted by molar-refractivity contribution is 5.48. The molecule has 8 nitrogen and oxygen atoms in total. The predicted molar refractivity (Wildman–Crippen MR) is 82.2 cm³/mol. The number of nitrogens with zero attached hydrogens (tertiary/aromatic N) is 6. The van der Waals surface area contributed by atoms with Crippen LogP contribution < -0.4 is 4.90 Å². The molecule has 1 atom stereocenters. The maximum Gasteiger partial charge on any atom is 0.180 e. The quantitative estimate of drug-likeness (QED) is 0.722. The van der Waals surface area contributed by atoms with E-state index in [2.05, 4.69) is 25.2 Å². The molecular formula is C15H18N6O2. The van der Waals surface area contributed by atoms with Crippen molar-refractivity contribution in [1.29, 1.82) is 0 Å². The van der Waals surface area contributed by atoms with E-state index in [0.29, 0.717) is 6.61 Å². The number of aromatic nitrogens is 5. The fraction of sp³-hybridized carbons (Fsp3) is 0.467. The van der Waals surface area contributed by atoms with Crippen LogP contribution in [0.5, 0.6) is 0 Å². The molecule has 1 saturated heterocycles. The van der Waals surface area contributed by atoms with Crippen molar-refractivity contribution < 1.29 is 9.26 Å². The molecule has 0 N–H and O–H groups in total. The van der Waals surface area contributed by atoms with E-state index in [4.69, 9.17) is 9.26 Å². The summed E-state index contributed by atoms with van der Waals surface area (Å²) < 4.78 is 13.2. The molecular weight excluding hydrogens is 296 g/mol. The van der Waals surface area contributed by atoms with Crippen molar-refractivity contribution in [1.82, 2.24) is 24.7 Å². The molecule has 1 unspecified atom stereocenters. The van der Waals surface area contributed by atoms with Gasteiger partial charge in [0.1, 0.15) is 17.9 Å². The van der Waals surface area contributed by atoms with Gasteiger partial charge in [-0.05, 0) is 20.3 Å². The van der Waals surface area contributed by atoms with Gasteiger partial charge in [0.05, 0.1) is 30.8 Å². The molecule has 120 valence electrons. The molecule has 4 heterocycles. The van der Waals surface area contributed by atoms with Crippen molar-refractivity contribution in [2.24, 2.45) is 0 Å². The summed E-state index contributed by atoms with van der Waals surface area (Å²) in [6.07, 6.45) is 6.41. The third-order valence-corrected chi connectivity index (χ3v) is 4.31. The van der Waals surface area contributed by atoms with Crippen molar-refractivity contribution in [3.63, 3.8) is 0 Å². The molecule has 3 aromatic heterocycles. The van der Waals surface area contributed by atoms with Gasteiger partial charge in [-0.1, -0.05) is 5.16 Å². The van der Waals surface area contributed by atoms with E-state index in [9.17, 15) is 0 Å². The molecule has 8 heteroatoms. The Hall–Kier alpha value is -2.48. The second-order valence-corrected chi connectivity index (χ2v) is 5.80. The Morgan fingerprint density at radius 2 is 2.26 bits per heavy atom. The van der Waals surface area contributed by atoms with E-state index in [1.807, 2.05) is 24.4 Å². The van der Waals surface area contributed by atoms with E-state index in [1.54, 1.807) is 12.5 Å². The molecule has 1 aliphatic rings. The van der Waals surface area contributed by atoms with Crippen LogP contribution in [-0.2, 0) is 11.3 Å². The monoisotopic (exact) mass is 314 g/mol. The van der Waals surface area contributed by atoms with Gasteiger partial charge in [0.25, 0.3) is 0 Å². The first-order chi connectivity index (χ1) is 11.2. The molecule has 0 bridgehead atoms. The minimum absolute atomic E-state index is 0.176. The summed E-state index contributed by atoms with van der Waals surface area (Å²) >= 11 is 0. The average molecular weight is 314 g/mol. The highest BCUT2D eigenvalue weighted by atomic mass is 16.5. The van der Waals surface area contributed by atoms with Crippen LogP contribution in [0.4, 0.5) is 5.82 Å². The summed E-state index contributed by atoms with van der Waals surface area (Å²) in [6, 6.07) is 0. The van der Waals surface area contributed by atoms with E-state index in [0.717, 1.165) is 48.0 Å². The molecule has 0 aliphatic carbocycles. The van der Waals surface area contributed by atoms with Crippen LogP contribution in [0.15, 0.2) is 23.2 Å². The summed E-state index contributed by atoms with van der Waals surface area (Å²) in [5, 5.41) is 11.9. The van der Waals surface area contributed by atoms with Crippen molar-refractivity contribution in [3.8, 4) is 0 Å². The van der Waals surface area contributed by atoms with Gasteiger partial charge in [0.15, 0.2) is 5.65 Å². The van der Waals surface area contributed by atoms with Gasteiger partial charge in [-0.2, -0.15) is 0 Å². The lowest BCUT2D eigenvalue weighted by Gasteiger charge is -2.19. The highest BCUT2D eigenvalue weighted by Gasteiger charge is 2.25. The number of hydrogen-bond donors (Lipinski definition) is 0. The number of ether oxygens (including phenoxy) is 1. The number of anilines is 1. The number of rotatable bonds is 4. The Kier molecular flexibility index (Phi) is 3.45. The summed E-state index contributed by atoms with van der Waals surface area (Å²) in [7, 11) is 0. The molecule has 23 heavy (non-hydrogen) atoms. The van der Waals surface area contributed by atoms with Crippen LogP contribution in [0, 0.1) is 13.8 Å². The smallest absolute Gasteiger partial charge is 0.180 e. The molecule has 1 fully saturated rings. The second kappa shape index (κ2) is 5.62. The standard InChI is InChI=1S/C15H18N6O2/c1-10-13(11(2)23-19-10)8-22-12-3-4-20(7-12)15-6-16-5-14-18-17-9-21(14)15/h5-6,9,12H,3-4,7-8H2,1-2H3. The van der Waals surface area contributed by atoms with Crippen LogP contribution in [-0.4, -0.2) is 43.9 Å². The Morgan fingerprint density at radius 3 is 3.09 bits per heavy atom. The lowest BCUT2D eigenvalue weighted by molar-refractivity contribution is 0.0544. The van der Waals surface area contributed by atoms with Crippen LogP contribution in [0.25, 0.3) is 5.65 Å². The predicted octanol–water partition coefficient (Wildman–Crippen LogP) is 1.52. The van der Waals surface area contributed by atoms with Crippen LogP contribution in [0.2, 0.25) is 0 Å². The molecule has 0 saturated carbocycles. The Morgan fingerprint density at radius 1 is 1.35 bits per heavy atom. The van der Waals surface area contributed by atoms with E-state index in [-0.39, 0.29) is 6.10 Å². The highest BCUT2D eigenvalue weighted by Crippen LogP contribution is 2.23. The molecule has 0 radical (unpaired) electrons. The first-order valence-corrected chi connectivity index (χ1v) is 7.64. The van der Waals surface area contributed by atoms with E-state index >= 15 is 0 Å². The van der Waals surface area contributed by atoms with E-state index in [1.165, 1.54) is 0 Å². The van der Waals surface area contributed by atoms with Gasteiger partial charge in [-0.3, -0.25) is 9.38 Å². The van der Waals surface area contributed by atoms with E-state index < -0.39 is 0 Å². The molecule has 3 aromatic rings. The summed E-state index contributed by atoms with van der Waals surface area (Å²) in [6.45, 7) is 6.13. The maximum absolute atomic E-state index is 6.05. The zero-order chi connectivity index (χ0) is 15.8. The van der Waals surface area contributed by atoms with Crippen LogP contribution >= 0.6 is 0 Å². The lowest BCUT2D eigenvalue weighted by atomic mass is 10.2. The number of aryl methyl sites for hydroxylation is 2. The Bertz CT molecular complexity index is 807. The zero-order valence-electron chi connectivity index (χ0n) is 13.1. The van der Waals surface area contributed by atoms with Gasteiger partial charge >= 0.3 is 0 Å². The third kappa shape index (κ3) is 2.55. The third-order valence-electron chi connectivity index (χ3n) is 4.31. The summed E-state index contributed by atoms with van der Waals surface area (Å²) in [5.41, 5.74) is 2.70. The van der Waals surface area contributed by atoms with Gasteiger partial charge in [0, 0.05) is 18.7 Å². The summed E-state index contributed by atoms with van der Waals surface area (Å²) in [4.78, 5) is 6.49. The van der Waals surface area contributed by atoms with Crippen molar-refractivity contribution in [2.45, 2.75) is 33.0 Å². The van der Waals surface area contributed by atoms with Crippen molar-refractivity contribution >= 4 is 11.5 Å². The lowest BCUT2D eigenvalue weighted by Crippen LogP contribution is -2.24. The Labute approximate surface area is 133 Å². The fourth-order valence-electron chi connectivity index (χ4n) is 2.96. The second-order valence-electron chi connectivity index (χ2n) is 5.80. The molecule has 0 amide bonds. The molecule has 0 spiro atoms. The average Bonchev–Trinajstić information content (AvgIpc) is 3.26. The largest absolute Gasteiger partial charge is 0.371 e. The maximum atomic E-state index is 6.05. The first kappa shape index (κ1) is 14.1. The zero-order valence-corrected chi connectivity index (χ0v) is 13.1. The number of hydrogen-bond acceptors (Lipinski definition) is 7. The first-order valence-electron chi connectivity index (χ1n) is 7.64. The Balaban J connectivity index is 1.44. The fourth-order valence-corrected chi connectivity index (χ4v) is 2.96. The minimum atomic E-state index is 0.176. The topological polar surface area (TPSA) is 81.6 Å². The SMILES string of the molecule is Cc1noc(C)c1COC1CCN(c2cncc3nncn23)C1. The molecule has 1 aliphatic heterocycles. The normalized spacial score (nSPS) is 18.2. The minimum Gasteiger partial charge on any atom is -0.371 e. The van der Waals surface area contributed by atoms with Crippen molar-refractivity contribution in [3.05, 3.63) is 35.7 Å². The van der Waals surface area contributed by atoms with Gasteiger partial charge in [0.2, 0.25) is 0 Å². The molecule has 4 rings (SSSR count). The summed E-state index contributed by atoms with van der Waals surface area (Å²) in [5.74, 6) is 1.83. The van der Waals surface area contributed by atoms with Gasteiger partial charge in [-0.15, -0.1) is 10.2 Å². The van der Waals surface area contributed by atoms with Crippen molar-refractivity contribution in [2.75, 3.05) is 18.0 Å². The number of fused-ring (bicyclic) bond motifs is 1. The van der Waals surface area contributed by atoms with Gasteiger partial charge in [-0.25, -0.2) is 0 Å².